The molecule has 0 atom stereocenters. The molecule has 0 radical (unpaired) electrons. The van der Waals surface area contributed by atoms with Crippen LogP contribution in [-0.4, -0.2) is 27.4 Å². The normalized spacial score (nSPS) is 10.7. The average molecular weight is 335 g/mol. The summed E-state index contributed by atoms with van der Waals surface area (Å²) in [6, 6.07) is 3.76. The zero-order valence-corrected chi connectivity index (χ0v) is 12.5. The van der Waals surface area contributed by atoms with Crippen molar-refractivity contribution in [3.8, 4) is 0 Å². The molecule has 0 aliphatic heterocycles. The molecule has 0 spiro atoms. The van der Waals surface area contributed by atoms with Crippen molar-refractivity contribution in [2.75, 3.05) is 17.2 Å². The topological polar surface area (TPSA) is 79.8 Å². The molecule has 0 fully saturated rings. The molecule has 3 aromatic rings. The van der Waals surface area contributed by atoms with Gasteiger partial charge in [0.25, 0.3) is 0 Å². The molecule has 6 nitrogen and oxygen atoms in total. The summed E-state index contributed by atoms with van der Waals surface area (Å²) in [4.78, 5) is 23.8. The molecule has 0 unspecified atom stereocenters. The number of aromatic nitrogens is 3. The SMILES string of the molecule is O=C(CCNc1ncccn1)Nc1nc2cc(F)c(F)cc2s1. The first kappa shape index (κ1) is 15.2. The van der Waals surface area contributed by atoms with E-state index in [4.69, 9.17) is 0 Å². The second-order valence-electron chi connectivity index (χ2n) is 4.55. The lowest BCUT2D eigenvalue weighted by atomic mass is 10.3. The first-order valence-corrected chi connectivity index (χ1v) is 7.50. The van der Waals surface area contributed by atoms with Crippen molar-refractivity contribution >= 4 is 38.5 Å². The molecule has 118 valence electrons. The van der Waals surface area contributed by atoms with Crippen LogP contribution in [0.4, 0.5) is 19.9 Å². The van der Waals surface area contributed by atoms with E-state index >= 15 is 0 Å². The number of anilines is 2. The third-order valence-corrected chi connectivity index (χ3v) is 3.81. The summed E-state index contributed by atoms with van der Waals surface area (Å²) in [7, 11) is 0. The summed E-state index contributed by atoms with van der Waals surface area (Å²) >= 11 is 1.08. The number of hydrogen-bond acceptors (Lipinski definition) is 6. The molecule has 0 bridgehead atoms. The van der Waals surface area contributed by atoms with E-state index < -0.39 is 11.6 Å². The molecule has 1 amide bonds. The Morgan fingerprint density at radius 2 is 1.91 bits per heavy atom. The van der Waals surface area contributed by atoms with Gasteiger partial charge in [-0.1, -0.05) is 11.3 Å². The third kappa shape index (κ3) is 3.75. The molecule has 0 aliphatic carbocycles. The molecule has 23 heavy (non-hydrogen) atoms. The largest absolute Gasteiger partial charge is 0.354 e. The lowest BCUT2D eigenvalue weighted by molar-refractivity contribution is -0.115. The van der Waals surface area contributed by atoms with Gasteiger partial charge in [-0.05, 0) is 12.1 Å². The van der Waals surface area contributed by atoms with E-state index in [0.29, 0.717) is 27.8 Å². The minimum absolute atomic E-state index is 0.177. The smallest absolute Gasteiger partial charge is 0.227 e. The highest BCUT2D eigenvalue weighted by molar-refractivity contribution is 7.22. The van der Waals surface area contributed by atoms with Crippen molar-refractivity contribution in [1.82, 2.24) is 15.0 Å². The number of nitrogens with one attached hydrogen (secondary N) is 2. The molecule has 1 aromatic carbocycles. The molecule has 0 saturated heterocycles. The number of halogens is 2. The van der Waals surface area contributed by atoms with Gasteiger partial charge >= 0.3 is 0 Å². The summed E-state index contributed by atoms with van der Waals surface area (Å²) in [5.74, 6) is -1.74. The Labute approximate surface area is 133 Å². The molecule has 0 aliphatic rings. The Bertz CT molecular complexity index is 801. The van der Waals surface area contributed by atoms with Crippen LogP contribution in [0.5, 0.6) is 0 Å². The third-order valence-electron chi connectivity index (χ3n) is 2.88. The number of amides is 1. The summed E-state index contributed by atoms with van der Waals surface area (Å²) in [6.45, 7) is 0.351. The van der Waals surface area contributed by atoms with Crippen LogP contribution in [-0.2, 0) is 4.79 Å². The predicted molar refractivity (Wildman–Crippen MR) is 83.3 cm³/mol. The van der Waals surface area contributed by atoms with Crippen molar-refractivity contribution < 1.29 is 13.6 Å². The predicted octanol–water partition coefficient (Wildman–Crippen LogP) is 2.81. The number of carbonyl (C=O) groups is 1. The van der Waals surface area contributed by atoms with Gasteiger partial charge in [0.2, 0.25) is 11.9 Å². The number of hydrogen-bond donors (Lipinski definition) is 2. The van der Waals surface area contributed by atoms with E-state index in [0.717, 1.165) is 23.5 Å². The lowest BCUT2D eigenvalue weighted by Crippen LogP contribution is -2.16. The summed E-state index contributed by atoms with van der Waals surface area (Å²) in [5.41, 5.74) is 0.306. The Hall–Kier alpha value is -2.68. The van der Waals surface area contributed by atoms with Crippen molar-refractivity contribution in [2.45, 2.75) is 6.42 Å². The van der Waals surface area contributed by atoms with Gasteiger partial charge in [0.1, 0.15) is 0 Å². The monoisotopic (exact) mass is 335 g/mol. The van der Waals surface area contributed by atoms with Crippen LogP contribution in [0.25, 0.3) is 10.2 Å². The quantitative estimate of drug-likeness (QED) is 0.749. The Kier molecular flexibility index (Phi) is 4.38. The zero-order valence-electron chi connectivity index (χ0n) is 11.7. The number of carbonyl (C=O) groups excluding carboxylic acids is 1. The number of benzene rings is 1. The van der Waals surface area contributed by atoms with Crippen LogP contribution in [0, 0.1) is 11.6 Å². The van der Waals surface area contributed by atoms with Gasteiger partial charge in [0, 0.05) is 31.4 Å². The van der Waals surface area contributed by atoms with Crippen molar-refractivity contribution in [2.24, 2.45) is 0 Å². The molecule has 2 aromatic heterocycles. The van der Waals surface area contributed by atoms with Crippen molar-refractivity contribution in [3.05, 3.63) is 42.2 Å². The molecule has 0 saturated carbocycles. The maximum absolute atomic E-state index is 13.1. The van der Waals surface area contributed by atoms with E-state index in [-0.39, 0.29) is 12.3 Å². The van der Waals surface area contributed by atoms with Crippen LogP contribution in [0.15, 0.2) is 30.6 Å². The minimum Gasteiger partial charge on any atom is -0.354 e. The number of thiazole rings is 1. The Morgan fingerprint density at radius 3 is 2.70 bits per heavy atom. The first-order valence-electron chi connectivity index (χ1n) is 6.68. The highest BCUT2D eigenvalue weighted by atomic mass is 32.1. The van der Waals surface area contributed by atoms with E-state index in [2.05, 4.69) is 25.6 Å². The fraction of sp³-hybridized carbons (Fsp3) is 0.143. The molecule has 2 N–H and O–H groups in total. The number of rotatable bonds is 5. The average Bonchev–Trinajstić information content (AvgIpc) is 2.90. The lowest BCUT2D eigenvalue weighted by Gasteiger charge is -2.03. The van der Waals surface area contributed by atoms with Crippen LogP contribution < -0.4 is 10.6 Å². The molecule has 3 rings (SSSR count). The van der Waals surface area contributed by atoms with Crippen LogP contribution in [0.2, 0.25) is 0 Å². The molecule has 2 heterocycles. The maximum Gasteiger partial charge on any atom is 0.227 e. The summed E-state index contributed by atoms with van der Waals surface area (Å²) in [5, 5.41) is 5.80. The van der Waals surface area contributed by atoms with Gasteiger partial charge in [-0.2, -0.15) is 0 Å². The fourth-order valence-electron chi connectivity index (χ4n) is 1.84. The molecular weight excluding hydrogens is 324 g/mol. The minimum atomic E-state index is -0.965. The van der Waals surface area contributed by atoms with Gasteiger partial charge in [0.15, 0.2) is 16.8 Å². The second kappa shape index (κ2) is 6.61. The van der Waals surface area contributed by atoms with Gasteiger partial charge in [-0.25, -0.2) is 23.7 Å². The maximum atomic E-state index is 13.1. The highest BCUT2D eigenvalue weighted by Crippen LogP contribution is 2.27. The first-order chi connectivity index (χ1) is 11.1. The van der Waals surface area contributed by atoms with E-state index in [9.17, 15) is 13.6 Å². The van der Waals surface area contributed by atoms with Crippen LogP contribution in [0.1, 0.15) is 6.42 Å². The second-order valence-corrected chi connectivity index (χ2v) is 5.58. The fourth-order valence-corrected chi connectivity index (χ4v) is 2.73. The van der Waals surface area contributed by atoms with Crippen molar-refractivity contribution in [3.63, 3.8) is 0 Å². The van der Waals surface area contributed by atoms with Crippen LogP contribution in [0.3, 0.4) is 0 Å². The van der Waals surface area contributed by atoms with E-state index in [1.807, 2.05) is 0 Å². The summed E-state index contributed by atoms with van der Waals surface area (Å²) in [6.07, 6.45) is 3.36. The Morgan fingerprint density at radius 1 is 1.17 bits per heavy atom. The zero-order chi connectivity index (χ0) is 16.2. The van der Waals surface area contributed by atoms with E-state index in [1.54, 1.807) is 18.5 Å². The van der Waals surface area contributed by atoms with Gasteiger partial charge < -0.3 is 10.6 Å². The molecule has 9 heteroatoms. The van der Waals surface area contributed by atoms with E-state index in [1.165, 1.54) is 0 Å². The van der Waals surface area contributed by atoms with Gasteiger partial charge in [-0.3, -0.25) is 4.79 Å². The van der Waals surface area contributed by atoms with Crippen molar-refractivity contribution in [1.29, 1.82) is 0 Å². The summed E-state index contributed by atoms with van der Waals surface area (Å²) < 4.78 is 26.7. The van der Waals surface area contributed by atoms with Crippen LogP contribution >= 0.6 is 11.3 Å². The number of fused-ring (bicyclic) bond motifs is 1. The van der Waals surface area contributed by atoms with Gasteiger partial charge in [-0.15, -0.1) is 0 Å². The number of nitrogens with zero attached hydrogens (tertiary/aromatic N) is 3. The highest BCUT2D eigenvalue weighted by Gasteiger charge is 2.11. The molecular formula is C14H11F2N5OS. The standard InChI is InChI=1S/C14H11F2N5OS/c15-8-6-10-11(7-9(8)16)23-14(20-10)21-12(22)2-5-19-13-17-3-1-4-18-13/h1,3-4,6-7H,2,5H2,(H,17,18,19)(H,20,21,22). The Balaban J connectivity index is 1.57. The van der Waals surface area contributed by atoms with Gasteiger partial charge in [0.05, 0.1) is 10.2 Å².